The number of rotatable bonds is 6. The Labute approximate surface area is 175 Å². The topological polar surface area (TPSA) is 59.8 Å². The summed E-state index contributed by atoms with van der Waals surface area (Å²) in [5, 5.41) is 12.4. The molecule has 1 saturated carbocycles. The van der Waals surface area contributed by atoms with Gasteiger partial charge in [0.2, 0.25) is 5.91 Å². The fourth-order valence-electron chi connectivity index (χ4n) is 3.60. The third-order valence-electron chi connectivity index (χ3n) is 5.19. The first-order valence-electron chi connectivity index (χ1n) is 10.00. The second kappa shape index (κ2) is 8.03. The Balaban J connectivity index is 1.56. The molecule has 2 aromatic carbocycles. The van der Waals surface area contributed by atoms with E-state index in [2.05, 4.69) is 51.3 Å². The summed E-state index contributed by atoms with van der Waals surface area (Å²) in [6, 6.07) is 14.3. The lowest BCUT2D eigenvalue weighted by Crippen LogP contribution is -2.24. The number of aryl methyl sites for hydroxylation is 3. The molecule has 1 aliphatic rings. The summed E-state index contributed by atoms with van der Waals surface area (Å²) >= 11 is 1.45. The molecule has 5 nitrogen and oxygen atoms in total. The zero-order chi connectivity index (χ0) is 20.5. The van der Waals surface area contributed by atoms with Gasteiger partial charge in [-0.2, -0.15) is 0 Å². The van der Waals surface area contributed by atoms with E-state index >= 15 is 0 Å². The molecule has 29 heavy (non-hydrogen) atoms. The van der Waals surface area contributed by atoms with Crippen LogP contribution in [0.5, 0.6) is 0 Å². The first-order chi connectivity index (χ1) is 13.9. The molecule has 0 bridgehead atoms. The summed E-state index contributed by atoms with van der Waals surface area (Å²) in [5.41, 5.74) is 5.30. The van der Waals surface area contributed by atoms with E-state index in [0.29, 0.717) is 5.92 Å². The molecule has 4 rings (SSSR count). The van der Waals surface area contributed by atoms with Crippen LogP contribution in [-0.2, 0) is 4.79 Å². The molecule has 0 spiro atoms. The van der Waals surface area contributed by atoms with Crippen LogP contribution in [0.2, 0.25) is 0 Å². The lowest BCUT2D eigenvalue weighted by Gasteiger charge is -2.16. The normalized spacial score (nSPS) is 14.6. The number of para-hydroxylation sites is 1. The van der Waals surface area contributed by atoms with E-state index < -0.39 is 0 Å². The summed E-state index contributed by atoms with van der Waals surface area (Å²) in [6.45, 7) is 8.04. The molecule has 1 N–H and O–H groups in total. The van der Waals surface area contributed by atoms with Gasteiger partial charge in [-0.05, 0) is 63.8 Å². The molecule has 1 fully saturated rings. The highest BCUT2D eigenvalue weighted by molar-refractivity contribution is 8.00. The van der Waals surface area contributed by atoms with Crippen LogP contribution >= 0.6 is 11.8 Å². The zero-order valence-electron chi connectivity index (χ0n) is 17.3. The van der Waals surface area contributed by atoms with Gasteiger partial charge in [0.25, 0.3) is 0 Å². The van der Waals surface area contributed by atoms with Gasteiger partial charge in [0.05, 0.1) is 5.25 Å². The number of carbonyl (C=O) groups is 1. The van der Waals surface area contributed by atoms with E-state index in [4.69, 9.17) is 0 Å². The minimum absolute atomic E-state index is 0.0272. The van der Waals surface area contributed by atoms with Gasteiger partial charge in [-0.25, -0.2) is 0 Å². The second-order valence-electron chi connectivity index (χ2n) is 7.81. The van der Waals surface area contributed by atoms with Crippen LogP contribution in [-0.4, -0.2) is 25.9 Å². The van der Waals surface area contributed by atoms with E-state index in [1.165, 1.54) is 17.3 Å². The van der Waals surface area contributed by atoms with E-state index in [-0.39, 0.29) is 11.2 Å². The molecular weight excluding hydrogens is 380 g/mol. The molecule has 3 aromatic rings. The fourth-order valence-corrected chi connectivity index (χ4v) is 4.47. The number of hydrogen-bond acceptors (Lipinski definition) is 4. The van der Waals surface area contributed by atoms with Crippen molar-refractivity contribution < 1.29 is 4.79 Å². The van der Waals surface area contributed by atoms with Gasteiger partial charge in [-0.3, -0.25) is 9.36 Å². The Morgan fingerprint density at radius 1 is 1.10 bits per heavy atom. The predicted molar refractivity (Wildman–Crippen MR) is 118 cm³/mol. The monoisotopic (exact) mass is 406 g/mol. The van der Waals surface area contributed by atoms with E-state index in [9.17, 15) is 4.79 Å². The fraction of sp³-hybridized carbons (Fsp3) is 0.348. The number of benzene rings is 2. The van der Waals surface area contributed by atoms with Crippen LogP contribution in [0.4, 0.5) is 5.69 Å². The molecule has 1 heterocycles. The van der Waals surface area contributed by atoms with Crippen LogP contribution < -0.4 is 5.32 Å². The Morgan fingerprint density at radius 2 is 1.76 bits per heavy atom. The Bertz CT molecular complexity index is 1020. The van der Waals surface area contributed by atoms with Crippen LogP contribution in [0.15, 0.2) is 47.6 Å². The van der Waals surface area contributed by atoms with Gasteiger partial charge in [0, 0.05) is 17.3 Å². The Hall–Kier alpha value is -2.60. The molecule has 1 amide bonds. The van der Waals surface area contributed by atoms with Crippen molar-refractivity contribution in [1.29, 1.82) is 0 Å². The minimum atomic E-state index is -0.297. The standard InChI is InChI=1S/C23H26N4OS/c1-14-12-15(2)20(16(3)13-14)24-22(28)17(4)29-23-26-25-21(18-10-11-18)27(23)19-8-6-5-7-9-19/h5-9,12-13,17-18H,10-11H2,1-4H3,(H,24,28). The van der Waals surface area contributed by atoms with Gasteiger partial charge >= 0.3 is 0 Å². The lowest BCUT2D eigenvalue weighted by atomic mass is 10.1. The molecule has 0 aliphatic heterocycles. The van der Waals surface area contributed by atoms with Crippen molar-refractivity contribution in [3.63, 3.8) is 0 Å². The highest BCUT2D eigenvalue weighted by Crippen LogP contribution is 2.41. The maximum Gasteiger partial charge on any atom is 0.237 e. The van der Waals surface area contributed by atoms with Crippen LogP contribution in [0.3, 0.4) is 0 Å². The molecule has 1 unspecified atom stereocenters. The summed E-state index contributed by atoms with van der Waals surface area (Å²) in [7, 11) is 0. The highest BCUT2D eigenvalue weighted by atomic mass is 32.2. The SMILES string of the molecule is Cc1cc(C)c(NC(=O)C(C)Sc2nnc(C3CC3)n2-c2ccccc2)c(C)c1. The molecular formula is C23H26N4OS. The highest BCUT2D eigenvalue weighted by Gasteiger charge is 2.32. The smallest absolute Gasteiger partial charge is 0.237 e. The number of thioether (sulfide) groups is 1. The van der Waals surface area contributed by atoms with E-state index in [1.807, 2.05) is 39.0 Å². The summed E-state index contributed by atoms with van der Waals surface area (Å²) in [4.78, 5) is 12.9. The van der Waals surface area contributed by atoms with Gasteiger partial charge < -0.3 is 5.32 Å². The molecule has 1 aliphatic carbocycles. The molecule has 150 valence electrons. The molecule has 6 heteroatoms. The number of aromatic nitrogens is 3. The molecule has 0 saturated heterocycles. The second-order valence-corrected chi connectivity index (χ2v) is 9.12. The predicted octanol–water partition coefficient (Wildman–Crippen LogP) is 5.19. The summed E-state index contributed by atoms with van der Waals surface area (Å²) < 4.78 is 2.11. The van der Waals surface area contributed by atoms with E-state index in [0.717, 1.165) is 46.3 Å². The average molecular weight is 407 g/mol. The van der Waals surface area contributed by atoms with Crippen LogP contribution in [0, 0.1) is 20.8 Å². The van der Waals surface area contributed by atoms with Crippen molar-refractivity contribution in [1.82, 2.24) is 14.8 Å². The van der Waals surface area contributed by atoms with Gasteiger partial charge in [0.15, 0.2) is 5.16 Å². The first kappa shape index (κ1) is 19.7. The maximum absolute atomic E-state index is 12.9. The summed E-state index contributed by atoms with van der Waals surface area (Å²) in [5.74, 6) is 1.44. The maximum atomic E-state index is 12.9. The quantitative estimate of drug-likeness (QED) is 0.572. The van der Waals surface area contributed by atoms with Crippen molar-refractivity contribution >= 4 is 23.4 Å². The van der Waals surface area contributed by atoms with Gasteiger partial charge in [-0.15, -0.1) is 10.2 Å². The zero-order valence-corrected chi connectivity index (χ0v) is 18.1. The average Bonchev–Trinajstić information content (AvgIpc) is 3.45. The number of anilines is 1. The Kier molecular flexibility index (Phi) is 5.46. The van der Waals surface area contributed by atoms with E-state index in [1.54, 1.807) is 0 Å². The number of carbonyl (C=O) groups excluding carboxylic acids is 1. The van der Waals surface area contributed by atoms with Crippen molar-refractivity contribution in [3.05, 3.63) is 65.0 Å². The van der Waals surface area contributed by atoms with Gasteiger partial charge in [-0.1, -0.05) is 47.7 Å². The number of hydrogen-bond donors (Lipinski definition) is 1. The minimum Gasteiger partial charge on any atom is -0.325 e. The van der Waals surface area contributed by atoms with Crippen molar-refractivity contribution in [3.8, 4) is 5.69 Å². The van der Waals surface area contributed by atoms with Crippen molar-refractivity contribution in [2.45, 2.75) is 56.9 Å². The van der Waals surface area contributed by atoms with Crippen molar-refractivity contribution in [2.24, 2.45) is 0 Å². The molecule has 1 aromatic heterocycles. The van der Waals surface area contributed by atoms with Gasteiger partial charge in [0.1, 0.15) is 5.82 Å². The third-order valence-corrected chi connectivity index (χ3v) is 6.23. The number of amides is 1. The first-order valence-corrected chi connectivity index (χ1v) is 10.9. The summed E-state index contributed by atoms with van der Waals surface area (Å²) in [6.07, 6.45) is 2.30. The van der Waals surface area contributed by atoms with Crippen LogP contribution in [0.25, 0.3) is 5.69 Å². The van der Waals surface area contributed by atoms with Crippen molar-refractivity contribution in [2.75, 3.05) is 5.32 Å². The number of nitrogens with zero attached hydrogens (tertiary/aromatic N) is 3. The van der Waals surface area contributed by atoms with Crippen LogP contribution in [0.1, 0.15) is 48.2 Å². The Morgan fingerprint density at radius 3 is 2.38 bits per heavy atom. The number of nitrogens with one attached hydrogen (secondary N) is 1. The largest absolute Gasteiger partial charge is 0.325 e. The third kappa shape index (κ3) is 4.22. The molecule has 0 radical (unpaired) electrons. The lowest BCUT2D eigenvalue weighted by molar-refractivity contribution is -0.115. The molecule has 1 atom stereocenters.